The molecule has 0 aliphatic heterocycles. The van der Waals surface area contributed by atoms with Crippen molar-refractivity contribution < 1.29 is 9.47 Å². The van der Waals surface area contributed by atoms with Gasteiger partial charge in [0.05, 0.1) is 19.9 Å². The van der Waals surface area contributed by atoms with Crippen LogP contribution >= 0.6 is 0 Å². The van der Waals surface area contributed by atoms with Gasteiger partial charge < -0.3 is 25.0 Å². The Balaban J connectivity index is 1.97. The first-order valence-electron chi connectivity index (χ1n) is 13.5. The van der Waals surface area contributed by atoms with Crippen molar-refractivity contribution in [2.75, 3.05) is 34.9 Å². The standard InChI is InChI=1S/C31H48N4O2/c1-9-14-31(34-28-16-12-11-15-26(28)24(4)35(5)6)33-25(10-2)20-19-23(3)21-32-22-27-29(36-7)17-13-18-30(27)37-8/h11-18,23,25,32-33H,9-10,19-22H2,1-8H3/b26-24+,31-14+,34-28-. The summed E-state index contributed by atoms with van der Waals surface area (Å²) < 4.78 is 11.0. The highest BCUT2D eigenvalue weighted by Crippen LogP contribution is 2.28. The molecule has 0 saturated heterocycles. The van der Waals surface area contributed by atoms with Crippen molar-refractivity contribution in [3.8, 4) is 11.5 Å². The number of benzene rings is 1. The lowest BCUT2D eigenvalue weighted by molar-refractivity contribution is 0.376. The van der Waals surface area contributed by atoms with E-state index in [0.717, 1.165) is 72.9 Å². The topological polar surface area (TPSA) is 58.1 Å². The Kier molecular flexibility index (Phi) is 13.1. The lowest BCUT2D eigenvalue weighted by Gasteiger charge is -2.22. The minimum Gasteiger partial charge on any atom is -0.496 e. The summed E-state index contributed by atoms with van der Waals surface area (Å²) in [5.41, 5.74) is 4.43. The van der Waals surface area contributed by atoms with Crippen LogP contribution in [0.4, 0.5) is 0 Å². The minimum atomic E-state index is 0.379. The van der Waals surface area contributed by atoms with Crippen LogP contribution < -0.4 is 20.1 Å². The summed E-state index contributed by atoms with van der Waals surface area (Å²) in [5.74, 6) is 3.22. The fourth-order valence-electron chi connectivity index (χ4n) is 4.30. The van der Waals surface area contributed by atoms with Crippen LogP contribution in [0.1, 0.15) is 58.9 Å². The molecule has 0 radical (unpaired) electrons. The van der Waals surface area contributed by atoms with Gasteiger partial charge in [-0.05, 0) is 69.4 Å². The number of rotatable bonds is 15. The van der Waals surface area contributed by atoms with Gasteiger partial charge in [0.25, 0.3) is 0 Å². The van der Waals surface area contributed by atoms with Crippen molar-refractivity contribution >= 4 is 5.71 Å². The number of hydrogen-bond donors (Lipinski definition) is 2. The maximum Gasteiger partial charge on any atom is 0.127 e. The van der Waals surface area contributed by atoms with E-state index >= 15 is 0 Å². The number of nitrogens with one attached hydrogen (secondary N) is 2. The first-order valence-corrected chi connectivity index (χ1v) is 13.5. The smallest absolute Gasteiger partial charge is 0.127 e. The number of hydrogen-bond acceptors (Lipinski definition) is 6. The van der Waals surface area contributed by atoms with Crippen molar-refractivity contribution in [1.29, 1.82) is 0 Å². The third kappa shape index (κ3) is 9.43. The van der Waals surface area contributed by atoms with Gasteiger partial charge in [0.15, 0.2) is 0 Å². The molecule has 1 aromatic rings. The van der Waals surface area contributed by atoms with Gasteiger partial charge in [-0.15, -0.1) is 0 Å². The molecular weight excluding hydrogens is 460 g/mol. The zero-order chi connectivity index (χ0) is 27.2. The van der Waals surface area contributed by atoms with Gasteiger partial charge in [0, 0.05) is 43.5 Å². The summed E-state index contributed by atoms with van der Waals surface area (Å²) in [6.07, 6.45) is 14.8. The Labute approximate surface area is 225 Å². The van der Waals surface area contributed by atoms with Crippen LogP contribution in [0.3, 0.4) is 0 Å². The van der Waals surface area contributed by atoms with E-state index in [-0.39, 0.29) is 0 Å². The maximum absolute atomic E-state index is 5.52. The van der Waals surface area contributed by atoms with E-state index in [1.165, 1.54) is 5.70 Å². The van der Waals surface area contributed by atoms with Crippen molar-refractivity contribution in [2.45, 2.75) is 66.0 Å². The Morgan fingerprint density at radius 2 is 1.73 bits per heavy atom. The van der Waals surface area contributed by atoms with Crippen LogP contribution in [0.5, 0.6) is 11.5 Å². The molecule has 1 aliphatic carbocycles. The summed E-state index contributed by atoms with van der Waals surface area (Å²) in [4.78, 5) is 7.19. The van der Waals surface area contributed by atoms with E-state index in [1.807, 2.05) is 18.2 Å². The van der Waals surface area contributed by atoms with Crippen LogP contribution in [0, 0.1) is 5.92 Å². The lowest BCUT2D eigenvalue weighted by Crippen LogP contribution is -2.29. The zero-order valence-corrected chi connectivity index (χ0v) is 24.2. The summed E-state index contributed by atoms with van der Waals surface area (Å²) >= 11 is 0. The molecule has 0 saturated carbocycles. The van der Waals surface area contributed by atoms with Crippen LogP contribution in [0.25, 0.3) is 0 Å². The van der Waals surface area contributed by atoms with Crippen LogP contribution in [-0.2, 0) is 6.54 Å². The number of aliphatic imine (C=N–C) groups is 1. The molecule has 1 aromatic carbocycles. The summed E-state index contributed by atoms with van der Waals surface area (Å²) in [5, 5.41) is 7.33. The highest BCUT2D eigenvalue weighted by molar-refractivity contribution is 6.12. The lowest BCUT2D eigenvalue weighted by atomic mass is 9.99. The molecule has 2 N–H and O–H groups in total. The zero-order valence-electron chi connectivity index (χ0n) is 24.2. The van der Waals surface area contributed by atoms with Crippen molar-refractivity contribution in [3.05, 3.63) is 71.2 Å². The van der Waals surface area contributed by atoms with Crippen LogP contribution in [0.15, 0.2) is 70.7 Å². The molecule has 0 bridgehead atoms. The van der Waals surface area contributed by atoms with Gasteiger partial charge >= 0.3 is 0 Å². The highest BCUT2D eigenvalue weighted by atomic mass is 16.5. The molecule has 2 atom stereocenters. The average molecular weight is 509 g/mol. The SMILES string of the molecule is CC/C=C(/N=C1/C=CC=C/C1=C(/C)N(C)C)NC(CC)CCC(C)CNCc1c(OC)cccc1OC. The molecule has 0 heterocycles. The predicted molar refractivity (Wildman–Crippen MR) is 157 cm³/mol. The predicted octanol–water partition coefficient (Wildman–Crippen LogP) is 6.23. The summed E-state index contributed by atoms with van der Waals surface area (Å²) in [7, 11) is 7.55. The second-order valence-corrected chi connectivity index (χ2v) is 9.81. The van der Waals surface area contributed by atoms with Gasteiger partial charge in [-0.25, -0.2) is 4.99 Å². The van der Waals surface area contributed by atoms with Gasteiger partial charge in [-0.2, -0.15) is 0 Å². The van der Waals surface area contributed by atoms with E-state index in [0.29, 0.717) is 12.0 Å². The van der Waals surface area contributed by atoms with E-state index in [9.17, 15) is 0 Å². The Morgan fingerprint density at radius 3 is 2.32 bits per heavy atom. The van der Waals surface area contributed by atoms with E-state index in [4.69, 9.17) is 14.5 Å². The molecule has 2 unspecified atom stereocenters. The molecule has 0 aromatic heterocycles. The number of ether oxygens (including phenoxy) is 2. The monoisotopic (exact) mass is 508 g/mol. The quantitative estimate of drug-likeness (QED) is 0.294. The largest absolute Gasteiger partial charge is 0.496 e. The van der Waals surface area contributed by atoms with Gasteiger partial charge in [-0.3, -0.25) is 0 Å². The first-order chi connectivity index (χ1) is 17.8. The third-order valence-electron chi connectivity index (χ3n) is 6.78. The fraction of sp³-hybridized carbons (Fsp3) is 0.516. The second kappa shape index (κ2) is 16.0. The fourth-order valence-corrected chi connectivity index (χ4v) is 4.30. The average Bonchev–Trinajstić information content (AvgIpc) is 2.90. The maximum atomic E-state index is 5.52. The third-order valence-corrected chi connectivity index (χ3v) is 6.78. The minimum absolute atomic E-state index is 0.379. The first kappa shape index (κ1) is 30.2. The second-order valence-electron chi connectivity index (χ2n) is 9.81. The van der Waals surface area contributed by atoms with Crippen LogP contribution in [0.2, 0.25) is 0 Å². The summed E-state index contributed by atoms with van der Waals surface area (Å²) in [6.45, 7) is 10.5. The Hall–Kier alpha value is -2.99. The van der Waals surface area contributed by atoms with Crippen molar-refractivity contribution in [2.24, 2.45) is 10.9 Å². The molecule has 2 rings (SSSR count). The van der Waals surface area contributed by atoms with Gasteiger partial charge in [0.1, 0.15) is 17.3 Å². The molecule has 6 heteroatoms. The molecule has 37 heavy (non-hydrogen) atoms. The number of nitrogens with zero attached hydrogens (tertiary/aromatic N) is 2. The molecule has 0 fully saturated rings. The van der Waals surface area contributed by atoms with Gasteiger partial charge in [0.2, 0.25) is 0 Å². The Bertz CT molecular complexity index is 982. The molecule has 0 amide bonds. The normalized spacial score (nSPS) is 17.5. The highest BCUT2D eigenvalue weighted by Gasteiger charge is 2.14. The van der Waals surface area contributed by atoms with Crippen LogP contribution in [-0.4, -0.2) is 51.5 Å². The van der Waals surface area contributed by atoms with Crippen molar-refractivity contribution in [3.63, 3.8) is 0 Å². The van der Waals surface area contributed by atoms with E-state index in [1.54, 1.807) is 14.2 Å². The van der Waals surface area contributed by atoms with E-state index < -0.39 is 0 Å². The summed E-state index contributed by atoms with van der Waals surface area (Å²) in [6, 6.07) is 6.29. The molecule has 204 valence electrons. The number of methoxy groups -OCH3 is 2. The molecular formula is C31H48N4O2. The molecule has 1 aliphatic rings. The molecule has 0 spiro atoms. The number of allylic oxidation sites excluding steroid dienone is 7. The van der Waals surface area contributed by atoms with Gasteiger partial charge in [-0.1, -0.05) is 45.1 Å². The Morgan fingerprint density at radius 1 is 1.05 bits per heavy atom. The molecule has 6 nitrogen and oxygen atoms in total. The van der Waals surface area contributed by atoms with E-state index in [2.05, 4.69) is 87.7 Å². The van der Waals surface area contributed by atoms with Crippen molar-refractivity contribution in [1.82, 2.24) is 15.5 Å².